The van der Waals surface area contributed by atoms with Crippen LogP contribution in [-0.4, -0.2) is 12.5 Å². The van der Waals surface area contributed by atoms with E-state index in [0.717, 1.165) is 25.0 Å². The van der Waals surface area contributed by atoms with Crippen molar-refractivity contribution in [3.05, 3.63) is 29.6 Å². The number of amides is 1. The molecule has 0 aromatic heterocycles. The maximum absolute atomic E-state index is 13.6. The summed E-state index contributed by atoms with van der Waals surface area (Å²) in [5.41, 5.74) is 4.55. The monoisotopic (exact) mass is 302 g/mol. The summed E-state index contributed by atoms with van der Waals surface area (Å²) in [6.45, 7) is 3.96. The van der Waals surface area contributed by atoms with Gasteiger partial charge in [0.15, 0.2) is 17.5 Å². The van der Waals surface area contributed by atoms with E-state index in [0.29, 0.717) is 12.8 Å². The van der Waals surface area contributed by atoms with E-state index in [4.69, 9.17) is 5.73 Å². The zero-order chi connectivity index (χ0) is 16.0. The minimum Gasteiger partial charge on any atom is -0.329 e. The Hall–Kier alpha value is -1.56. The van der Waals surface area contributed by atoms with Crippen molar-refractivity contribution in [1.29, 1.82) is 0 Å². The highest BCUT2D eigenvalue weighted by atomic mass is 19.2. The highest BCUT2D eigenvalue weighted by Gasteiger charge is 2.35. The van der Waals surface area contributed by atoms with E-state index in [1.165, 1.54) is 0 Å². The van der Waals surface area contributed by atoms with E-state index in [1.807, 2.05) is 13.8 Å². The van der Waals surface area contributed by atoms with E-state index in [-0.39, 0.29) is 12.2 Å². The zero-order valence-electron chi connectivity index (χ0n) is 12.3. The van der Waals surface area contributed by atoms with Crippen LogP contribution in [0.25, 0.3) is 0 Å². The molecule has 3 nitrogen and oxygen atoms in total. The summed E-state index contributed by atoms with van der Waals surface area (Å²) < 4.78 is 39.7. The topological polar surface area (TPSA) is 55.1 Å². The number of carbonyl (C=O) groups excluding carboxylic acids is 1. The van der Waals surface area contributed by atoms with Gasteiger partial charge in [-0.25, -0.2) is 13.2 Å². The van der Waals surface area contributed by atoms with E-state index in [9.17, 15) is 18.0 Å². The number of hydrogen-bond donors (Lipinski definition) is 2. The van der Waals surface area contributed by atoms with Gasteiger partial charge in [-0.2, -0.15) is 0 Å². The van der Waals surface area contributed by atoms with Crippen LogP contribution in [-0.2, 0) is 4.79 Å². The molecular formula is C15H21F3N2O. The van der Waals surface area contributed by atoms with Crippen molar-refractivity contribution in [2.75, 3.05) is 11.9 Å². The molecule has 0 radical (unpaired) electrons. The molecule has 0 saturated carbocycles. The molecule has 0 atom stereocenters. The van der Waals surface area contributed by atoms with E-state index < -0.39 is 28.8 Å². The summed E-state index contributed by atoms with van der Waals surface area (Å²) in [4.78, 5) is 12.4. The van der Waals surface area contributed by atoms with Crippen molar-refractivity contribution in [2.45, 2.75) is 39.5 Å². The first-order valence-corrected chi connectivity index (χ1v) is 7.06. The maximum atomic E-state index is 13.6. The second kappa shape index (κ2) is 7.45. The number of rotatable bonds is 7. The standard InChI is InChI=1S/C15H21F3N2O/c1-3-7-15(9-19,8-4-2)14(21)20-11-6-5-10(16)12(17)13(11)18/h5-6H,3-4,7-9,19H2,1-2H3,(H,20,21). The Kier molecular flexibility index (Phi) is 6.20. The molecule has 0 fully saturated rings. The Bertz CT molecular complexity index is 500. The predicted octanol–water partition coefficient (Wildman–Crippen LogP) is 3.59. The number of carbonyl (C=O) groups is 1. The van der Waals surface area contributed by atoms with Gasteiger partial charge in [0.25, 0.3) is 0 Å². The van der Waals surface area contributed by atoms with Gasteiger partial charge in [0.1, 0.15) is 0 Å². The molecule has 0 saturated heterocycles. The molecular weight excluding hydrogens is 281 g/mol. The molecule has 0 spiro atoms. The van der Waals surface area contributed by atoms with Gasteiger partial charge in [-0.15, -0.1) is 0 Å². The number of benzene rings is 1. The molecule has 0 aliphatic rings. The fraction of sp³-hybridized carbons (Fsp3) is 0.533. The highest BCUT2D eigenvalue weighted by Crippen LogP contribution is 2.31. The van der Waals surface area contributed by atoms with Crippen LogP contribution < -0.4 is 11.1 Å². The molecule has 3 N–H and O–H groups in total. The van der Waals surface area contributed by atoms with Gasteiger partial charge < -0.3 is 11.1 Å². The van der Waals surface area contributed by atoms with E-state index in [2.05, 4.69) is 5.32 Å². The first kappa shape index (κ1) is 17.5. The van der Waals surface area contributed by atoms with Crippen LogP contribution >= 0.6 is 0 Å². The second-order valence-corrected chi connectivity index (χ2v) is 5.16. The maximum Gasteiger partial charge on any atom is 0.231 e. The highest BCUT2D eigenvalue weighted by molar-refractivity contribution is 5.95. The lowest BCUT2D eigenvalue weighted by molar-refractivity contribution is -0.126. The lowest BCUT2D eigenvalue weighted by Gasteiger charge is -2.30. The summed E-state index contributed by atoms with van der Waals surface area (Å²) in [7, 11) is 0. The quantitative estimate of drug-likeness (QED) is 0.756. The lowest BCUT2D eigenvalue weighted by Crippen LogP contribution is -2.42. The Morgan fingerprint density at radius 1 is 1.14 bits per heavy atom. The minimum atomic E-state index is -1.60. The van der Waals surface area contributed by atoms with Crippen LogP contribution in [0.4, 0.5) is 18.9 Å². The van der Waals surface area contributed by atoms with Crippen LogP contribution in [0.5, 0.6) is 0 Å². The van der Waals surface area contributed by atoms with Crippen LogP contribution in [0.2, 0.25) is 0 Å². The average Bonchev–Trinajstić information content (AvgIpc) is 2.47. The van der Waals surface area contributed by atoms with Crippen molar-refractivity contribution in [2.24, 2.45) is 11.1 Å². The van der Waals surface area contributed by atoms with Crippen molar-refractivity contribution < 1.29 is 18.0 Å². The Labute approximate surface area is 122 Å². The molecule has 1 amide bonds. The van der Waals surface area contributed by atoms with Gasteiger partial charge in [0.2, 0.25) is 5.91 Å². The predicted molar refractivity (Wildman–Crippen MR) is 76.2 cm³/mol. The third-order valence-corrected chi connectivity index (χ3v) is 3.61. The Balaban J connectivity index is 3.04. The van der Waals surface area contributed by atoms with Crippen LogP contribution in [0.1, 0.15) is 39.5 Å². The van der Waals surface area contributed by atoms with E-state index >= 15 is 0 Å². The van der Waals surface area contributed by atoms with Gasteiger partial charge >= 0.3 is 0 Å². The van der Waals surface area contributed by atoms with Crippen molar-refractivity contribution in [1.82, 2.24) is 0 Å². The van der Waals surface area contributed by atoms with Crippen molar-refractivity contribution >= 4 is 11.6 Å². The van der Waals surface area contributed by atoms with Gasteiger partial charge in [0.05, 0.1) is 11.1 Å². The SMILES string of the molecule is CCCC(CN)(CCC)C(=O)Nc1ccc(F)c(F)c1F. The first-order chi connectivity index (χ1) is 9.91. The van der Waals surface area contributed by atoms with Gasteiger partial charge in [-0.05, 0) is 25.0 Å². The summed E-state index contributed by atoms with van der Waals surface area (Å²) in [5.74, 6) is -4.75. The molecule has 1 aromatic rings. The Morgan fingerprint density at radius 3 is 2.19 bits per heavy atom. The molecule has 0 aliphatic carbocycles. The van der Waals surface area contributed by atoms with Gasteiger partial charge in [-0.1, -0.05) is 26.7 Å². The summed E-state index contributed by atoms with van der Waals surface area (Å²) in [5, 5.41) is 2.34. The third kappa shape index (κ3) is 3.75. The summed E-state index contributed by atoms with van der Waals surface area (Å²) >= 11 is 0. The number of nitrogens with two attached hydrogens (primary N) is 1. The van der Waals surface area contributed by atoms with Crippen molar-refractivity contribution in [3.63, 3.8) is 0 Å². The molecule has 0 unspecified atom stereocenters. The van der Waals surface area contributed by atoms with Crippen LogP contribution in [0, 0.1) is 22.9 Å². The second-order valence-electron chi connectivity index (χ2n) is 5.16. The molecule has 118 valence electrons. The average molecular weight is 302 g/mol. The lowest BCUT2D eigenvalue weighted by atomic mass is 9.78. The number of nitrogens with one attached hydrogen (secondary N) is 1. The first-order valence-electron chi connectivity index (χ1n) is 7.06. The smallest absolute Gasteiger partial charge is 0.231 e. The molecule has 1 aromatic carbocycles. The zero-order valence-corrected chi connectivity index (χ0v) is 12.3. The molecule has 6 heteroatoms. The van der Waals surface area contributed by atoms with Crippen LogP contribution in [0.15, 0.2) is 12.1 Å². The minimum absolute atomic E-state index is 0.117. The third-order valence-electron chi connectivity index (χ3n) is 3.61. The number of anilines is 1. The number of halogens is 3. The summed E-state index contributed by atoms with van der Waals surface area (Å²) in [6, 6.07) is 1.78. The van der Waals surface area contributed by atoms with Gasteiger partial charge in [0, 0.05) is 6.54 Å². The molecule has 1 rings (SSSR count). The molecule has 0 bridgehead atoms. The molecule has 0 aliphatic heterocycles. The normalized spacial score (nSPS) is 11.5. The Morgan fingerprint density at radius 2 is 1.71 bits per heavy atom. The largest absolute Gasteiger partial charge is 0.329 e. The number of hydrogen-bond acceptors (Lipinski definition) is 2. The fourth-order valence-electron chi connectivity index (χ4n) is 2.48. The van der Waals surface area contributed by atoms with Crippen LogP contribution in [0.3, 0.4) is 0 Å². The fourth-order valence-corrected chi connectivity index (χ4v) is 2.48. The molecule has 0 heterocycles. The van der Waals surface area contributed by atoms with Crippen molar-refractivity contribution in [3.8, 4) is 0 Å². The van der Waals surface area contributed by atoms with E-state index in [1.54, 1.807) is 0 Å². The molecule has 21 heavy (non-hydrogen) atoms. The summed E-state index contributed by atoms with van der Waals surface area (Å²) in [6.07, 6.45) is 2.58. The van der Waals surface area contributed by atoms with Gasteiger partial charge in [-0.3, -0.25) is 4.79 Å².